The SMILES string of the molecule is Cc1nn(Cc2cccc3ccccc23)c(C)c1NC(=O)c1ccnn1CC(=O)O. The van der Waals surface area contributed by atoms with Crippen LogP contribution in [0.2, 0.25) is 0 Å². The molecule has 0 saturated heterocycles. The molecule has 0 spiro atoms. The normalized spacial score (nSPS) is 11.0. The van der Waals surface area contributed by atoms with Gasteiger partial charge in [-0.25, -0.2) is 4.68 Å². The molecule has 0 unspecified atom stereocenters. The fraction of sp³-hybridized carbons (Fsp3) is 0.182. The number of nitrogens with zero attached hydrogens (tertiary/aromatic N) is 4. The first-order valence-corrected chi connectivity index (χ1v) is 9.49. The molecule has 2 aromatic heterocycles. The lowest BCUT2D eigenvalue weighted by Crippen LogP contribution is -2.21. The van der Waals surface area contributed by atoms with Crippen LogP contribution in [0.15, 0.2) is 54.7 Å². The summed E-state index contributed by atoms with van der Waals surface area (Å²) in [5.41, 5.74) is 3.43. The predicted octanol–water partition coefficient (Wildman–Crippen LogP) is 3.23. The van der Waals surface area contributed by atoms with E-state index in [1.165, 1.54) is 12.3 Å². The highest BCUT2D eigenvalue weighted by atomic mass is 16.4. The number of hydrogen-bond acceptors (Lipinski definition) is 4. The van der Waals surface area contributed by atoms with Gasteiger partial charge in [0.1, 0.15) is 12.2 Å². The fourth-order valence-electron chi connectivity index (χ4n) is 3.58. The van der Waals surface area contributed by atoms with Crippen LogP contribution in [0.3, 0.4) is 0 Å². The van der Waals surface area contributed by atoms with Crippen LogP contribution in [-0.4, -0.2) is 36.5 Å². The molecule has 0 bridgehead atoms. The van der Waals surface area contributed by atoms with Crippen LogP contribution in [0.4, 0.5) is 5.69 Å². The van der Waals surface area contributed by atoms with Crippen LogP contribution < -0.4 is 5.32 Å². The van der Waals surface area contributed by atoms with Gasteiger partial charge in [-0.1, -0.05) is 42.5 Å². The minimum Gasteiger partial charge on any atom is -0.480 e. The van der Waals surface area contributed by atoms with Crippen LogP contribution in [0.1, 0.15) is 27.4 Å². The average molecular weight is 403 g/mol. The van der Waals surface area contributed by atoms with Crippen molar-refractivity contribution < 1.29 is 14.7 Å². The number of fused-ring (bicyclic) bond motifs is 1. The zero-order valence-corrected chi connectivity index (χ0v) is 16.7. The number of rotatable bonds is 6. The molecular formula is C22H21N5O3. The molecule has 8 nitrogen and oxygen atoms in total. The van der Waals surface area contributed by atoms with E-state index in [4.69, 9.17) is 5.11 Å². The van der Waals surface area contributed by atoms with Crippen LogP contribution in [0.5, 0.6) is 0 Å². The number of aliphatic carboxylic acids is 1. The monoisotopic (exact) mass is 403 g/mol. The molecule has 0 aliphatic carbocycles. The molecule has 2 heterocycles. The highest BCUT2D eigenvalue weighted by Gasteiger charge is 2.19. The third-order valence-corrected chi connectivity index (χ3v) is 5.05. The molecule has 30 heavy (non-hydrogen) atoms. The summed E-state index contributed by atoms with van der Waals surface area (Å²) in [5.74, 6) is -1.49. The van der Waals surface area contributed by atoms with E-state index < -0.39 is 11.9 Å². The van der Waals surface area contributed by atoms with Crippen LogP contribution in [0.25, 0.3) is 10.8 Å². The summed E-state index contributed by atoms with van der Waals surface area (Å²) in [6.45, 7) is 3.92. The molecule has 0 aliphatic rings. The Morgan fingerprint density at radius 3 is 2.60 bits per heavy atom. The number of carbonyl (C=O) groups excluding carboxylic acids is 1. The van der Waals surface area contributed by atoms with Crippen molar-refractivity contribution in [2.24, 2.45) is 0 Å². The van der Waals surface area contributed by atoms with Gasteiger partial charge < -0.3 is 10.4 Å². The van der Waals surface area contributed by atoms with Gasteiger partial charge >= 0.3 is 5.97 Å². The number of nitrogens with one attached hydrogen (secondary N) is 1. The number of amides is 1. The summed E-state index contributed by atoms with van der Waals surface area (Å²) in [7, 11) is 0. The number of carbonyl (C=O) groups is 2. The Morgan fingerprint density at radius 1 is 1.03 bits per heavy atom. The fourth-order valence-corrected chi connectivity index (χ4v) is 3.58. The summed E-state index contributed by atoms with van der Waals surface area (Å²) in [6, 6.07) is 15.8. The van der Waals surface area contributed by atoms with Gasteiger partial charge in [0, 0.05) is 6.20 Å². The van der Waals surface area contributed by atoms with E-state index >= 15 is 0 Å². The number of benzene rings is 2. The third-order valence-electron chi connectivity index (χ3n) is 5.05. The molecule has 0 atom stereocenters. The molecule has 0 saturated carbocycles. The number of carboxylic acid groups (broad SMARTS) is 1. The molecule has 2 N–H and O–H groups in total. The number of carboxylic acids is 1. The summed E-state index contributed by atoms with van der Waals surface area (Å²) < 4.78 is 3.02. The quantitative estimate of drug-likeness (QED) is 0.515. The van der Waals surface area contributed by atoms with Gasteiger partial charge in [-0.15, -0.1) is 0 Å². The second kappa shape index (κ2) is 7.82. The highest BCUT2D eigenvalue weighted by molar-refractivity contribution is 6.03. The Hall–Kier alpha value is -3.94. The molecule has 2 aromatic carbocycles. The summed E-state index contributed by atoms with van der Waals surface area (Å²) >= 11 is 0. The largest absolute Gasteiger partial charge is 0.480 e. The maximum absolute atomic E-state index is 12.7. The molecule has 8 heteroatoms. The number of aromatic nitrogens is 4. The predicted molar refractivity (Wildman–Crippen MR) is 113 cm³/mol. The Labute approximate surface area is 172 Å². The summed E-state index contributed by atoms with van der Waals surface area (Å²) in [6.07, 6.45) is 1.40. The zero-order chi connectivity index (χ0) is 21.3. The standard InChI is InChI=1S/C22H21N5O3/c1-14-21(24-22(30)19-10-11-23-27(19)13-20(28)29)15(2)26(25-14)12-17-8-5-7-16-6-3-4-9-18(16)17/h3-11H,12-13H2,1-2H3,(H,24,30)(H,28,29). The smallest absolute Gasteiger partial charge is 0.325 e. The Kier molecular flexibility index (Phi) is 5.05. The van der Waals surface area contributed by atoms with Gasteiger partial charge in [0.05, 0.1) is 23.6 Å². The second-order valence-corrected chi connectivity index (χ2v) is 7.06. The molecule has 4 aromatic rings. The Morgan fingerprint density at radius 2 is 1.80 bits per heavy atom. The summed E-state index contributed by atoms with van der Waals surface area (Å²) in [4.78, 5) is 23.7. The van der Waals surface area contributed by atoms with Gasteiger partial charge in [-0.3, -0.25) is 14.3 Å². The highest BCUT2D eigenvalue weighted by Crippen LogP contribution is 2.24. The van der Waals surface area contributed by atoms with Crippen LogP contribution in [-0.2, 0) is 17.9 Å². The average Bonchev–Trinajstić information content (AvgIpc) is 3.27. The third kappa shape index (κ3) is 3.67. The van der Waals surface area contributed by atoms with Crippen molar-refractivity contribution >= 4 is 28.3 Å². The van der Waals surface area contributed by atoms with Gasteiger partial charge in [0.2, 0.25) is 0 Å². The maximum atomic E-state index is 12.7. The van der Waals surface area contributed by atoms with Gasteiger partial charge in [-0.2, -0.15) is 10.2 Å². The molecule has 0 radical (unpaired) electrons. The molecule has 152 valence electrons. The maximum Gasteiger partial charge on any atom is 0.325 e. The summed E-state index contributed by atoms with van der Waals surface area (Å²) in [5, 5.41) is 22.7. The molecule has 0 aliphatic heterocycles. The first kappa shape index (κ1) is 19.4. The van der Waals surface area contributed by atoms with Crippen molar-refractivity contribution in [1.82, 2.24) is 19.6 Å². The van der Waals surface area contributed by atoms with Crippen molar-refractivity contribution in [1.29, 1.82) is 0 Å². The van der Waals surface area contributed by atoms with Crippen molar-refractivity contribution in [2.75, 3.05) is 5.32 Å². The number of hydrogen-bond donors (Lipinski definition) is 2. The van der Waals surface area contributed by atoms with Crippen molar-refractivity contribution in [3.63, 3.8) is 0 Å². The van der Waals surface area contributed by atoms with E-state index in [1.807, 2.05) is 36.7 Å². The minimum atomic E-state index is -1.07. The molecule has 0 fully saturated rings. The Balaban J connectivity index is 1.60. The number of anilines is 1. The van der Waals surface area contributed by atoms with E-state index in [0.717, 1.165) is 26.7 Å². The van der Waals surface area contributed by atoms with E-state index in [-0.39, 0.29) is 12.2 Å². The van der Waals surface area contributed by atoms with Crippen LogP contribution in [0, 0.1) is 13.8 Å². The second-order valence-electron chi connectivity index (χ2n) is 7.06. The minimum absolute atomic E-state index is 0.179. The topological polar surface area (TPSA) is 102 Å². The molecule has 4 rings (SSSR count). The van der Waals surface area contributed by atoms with E-state index in [1.54, 1.807) is 0 Å². The lowest BCUT2D eigenvalue weighted by Gasteiger charge is -2.10. The molecular weight excluding hydrogens is 382 g/mol. The van der Waals surface area contributed by atoms with Crippen molar-refractivity contribution in [3.8, 4) is 0 Å². The van der Waals surface area contributed by atoms with Gasteiger partial charge in [0.15, 0.2) is 0 Å². The van der Waals surface area contributed by atoms with E-state index in [0.29, 0.717) is 17.9 Å². The van der Waals surface area contributed by atoms with Crippen molar-refractivity contribution in [2.45, 2.75) is 26.9 Å². The van der Waals surface area contributed by atoms with E-state index in [9.17, 15) is 9.59 Å². The lowest BCUT2D eigenvalue weighted by atomic mass is 10.0. The van der Waals surface area contributed by atoms with Gasteiger partial charge in [0.25, 0.3) is 5.91 Å². The first-order chi connectivity index (χ1) is 14.4. The lowest BCUT2D eigenvalue weighted by molar-refractivity contribution is -0.137. The number of aryl methyl sites for hydroxylation is 1. The first-order valence-electron chi connectivity index (χ1n) is 9.49. The molecule has 1 amide bonds. The van der Waals surface area contributed by atoms with E-state index in [2.05, 4.69) is 39.8 Å². The van der Waals surface area contributed by atoms with Crippen molar-refractivity contribution in [3.05, 3.63) is 77.4 Å². The Bertz CT molecular complexity index is 1250. The van der Waals surface area contributed by atoms with Gasteiger partial charge in [-0.05, 0) is 36.2 Å². The van der Waals surface area contributed by atoms with Crippen LogP contribution >= 0.6 is 0 Å². The zero-order valence-electron chi connectivity index (χ0n) is 16.7.